The molecule has 0 fully saturated rings. The van der Waals surface area contributed by atoms with Gasteiger partial charge in [-0.05, 0) is 24.1 Å². The summed E-state index contributed by atoms with van der Waals surface area (Å²) < 4.78 is 5.55. The van der Waals surface area contributed by atoms with E-state index in [2.05, 4.69) is 9.97 Å². The molecule has 6 nitrogen and oxygen atoms in total. The zero-order chi connectivity index (χ0) is 13.7. The van der Waals surface area contributed by atoms with Crippen LogP contribution >= 0.6 is 0 Å². The Morgan fingerprint density at radius 3 is 2.68 bits per heavy atom. The molecule has 0 radical (unpaired) electrons. The first-order valence-electron chi connectivity index (χ1n) is 5.69. The molecule has 1 aromatic carbocycles. The second-order valence-corrected chi connectivity index (χ2v) is 3.92. The molecule has 0 spiro atoms. The average Bonchev–Trinajstić information content (AvgIpc) is 2.40. The van der Waals surface area contributed by atoms with E-state index in [1.165, 1.54) is 12.4 Å². The molecule has 2 aromatic rings. The van der Waals surface area contributed by atoms with Crippen molar-refractivity contribution in [3.05, 3.63) is 42.2 Å². The number of ether oxygens (including phenoxy) is 1. The van der Waals surface area contributed by atoms with Gasteiger partial charge in [0.1, 0.15) is 5.75 Å². The molecular formula is C13H13N3O3. The number of nitrogens with zero attached hydrogens (tertiary/aromatic N) is 2. The quantitative estimate of drug-likeness (QED) is 0.850. The molecule has 19 heavy (non-hydrogen) atoms. The first kappa shape index (κ1) is 12.8. The van der Waals surface area contributed by atoms with Gasteiger partial charge in [0.2, 0.25) is 5.95 Å². The zero-order valence-corrected chi connectivity index (χ0v) is 10.1. The van der Waals surface area contributed by atoms with Crippen LogP contribution in [0.2, 0.25) is 0 Å². The minimum absolute atomic E-state index is 0.0917. The summed E-state index contributed by atoms with van der Waals surface area (Å²) in [4.78, 5) is 18.2. The number of aromatic nitrogens is 2. The lowest BCUT2D eigenvalue weighted by atomic mass is 10.1. The molecule has 1 aromatic heterocycles. The summed E-state index contributed by atoms with van der Waals surface area (Å²) in [5.74, 6) is 0.446. The van der Waals surface area contributed by atoms with Gasteiger partial charge < -0.3 is 15.6 Å². The van der Waals surface area contributed by atoms with E-state index in [9.17, 15) is 4.79 Å². The van der Waals surface area contributed by atoms with E-state index in [1.54, 1.807) is 12.1 Å². The maximum Gasteiger partial charge on any atom is 0.303 e. The maximum atomic E-state index is 10.5. The number of anilines is 1. The molecule has 98 valence electrons. The van der Waals surface area contributed by atoms with Gasteiger partial charge in [0.05, 0.1) is 12.4 Å². The SMILES string of the molecule is Nc1ncc(Oc2cccc(CCC(=O)O)c2)cn1. The Kier molecular flexibility index (Phi) is 3.92. The summed E-state index contributed by atoms with van der Waals surface area (Å²) in [6, 6.07) is 7.24. The van der Waals surface area contributed by atoms with Gasteiger partial charge in [-0.3, -0.25) is 4.79 Å². The van der Waals surface area contributed by atoms with Crippen LogP contribution in [0.3, 0.4) is 0 Å². The predicted octanol–water partition coefficient (Wildman–Crippen LogP) is 1.87. The number of rotatable bonds is 5. The highest BCUT2D eigenvalue weighted by Gasteiger charge is 2.02. The molecule has 0 aliphatic carbocycles. The highest BCUT2D eigenvalue weighted by molar-refractivity contribution is 5.67. The molecule has 6 heteroatoms. The third-order valence-corrected chi connectivity index (χ3v) is 2.41. The Labute approximate surface area is 109 Å². The number of benzene rings is 1. The molecular weight excluding hydrogens is 246 g/mol. The van der Waals surface area contributed by atoms with Gasteiger partial charge in [-0.2, -0.15) is 0 Å². The Bertz CT molecular complexity index is 570. The number of aliphatic carboxylic acids is 1. The van der Waals surface area contributed by atoms with E-state index >= 15 is 0 Å². The highest BCUT2D eigenvalue weighted by atomic mass is 16.5. The van der Waals surface area contributed by atoms with Crippen LogP contribution in [-0.2, 0) is 11.2 Å². The molecule has 0 aliphatic heterocycles. The van der Waals surface area contributed by atoms with Crippen LogP contribution in [0.4, 0.5) is 5.95 Å². The molecule has 2 rings (SSSR count). The summed E-state index contributed by atoms with van der Waals surface area (Å²) in [6.45, 7) is 0. The fourth-order valence-electron chi connectivity index (χ4n) is 1.53. The Morgan fingerprint density at radius 2 is 2.00 bits per heavy atom. The molecule has 1 heterocycles. The van der Waals surface area contributed by atoms with Gasteiger partial charge >= 0.3 is 5.97 Å². The van der Waals surface area contributed by atoms with Gasteiger partial charge in [0.15, 0.2) is 5.75 Å². The van der Waals surface area contributed by atoms with Crippen LogP contribution in [-0.4, -0.2) is 21.0 Å². The summed E-state index contributed by atoms with van der Waals surface area (Å²) in [7, 11) is 0. The van der Waals surface area contributed by atoms with Gasteiger partial charge in [0, 0.05) is 6.42 Å². The van der Waals surface area contributed by atoms with Crippen molar-refractivity contribution in [2.45, 2.75) is 12.8 Å². The molecule has 3 N–H and O–H groups in total. The van der Waals surface area contributed by atoms with Crippen LogP contribution in [0.1, 0.15) is 12.0 Å². The third-order valence-electron chi connectivity index (χ3n) is 2.41. The van der Waals surface area contributed by atoms with Crippen molar-refractivity contribution in [3.8, 4) is 11.5 Å². The normalized spacial score (nSPS) is 10.1. The largest absolute Gasteiger partial charge is 0.481 e. The molecule has 0 saturated heterocycles. The number of aryl methyl sites for hydroxylation is 1. The van der Waals surface area contributed by atoms with Crippen molar-refractivity contribution in [1.82, 2.24) is 9.97 Å². The number of nitrogen functional groups attached to an aromatic ring is 1. The van der Waals surface area contributed by atoms with Gasteiger partial charge in [-0.25, -0.2) is 9.97 Å². The smallest absolute Gasteiger partial charge is 0.303 e. The fourth-order valence-corrected chi connectivity index (χ4v) is 1.53. The highest BCUT2D eigenvalue weighted by Crippen LogP contribution is 2.21. The van der Waals surface area contributed by atoms with Crippen molar-refractivity contribution in [1.29, 1.82) is 0 Å². The summed E-state index contributed by atoms with van der Waals surface area (Å²) in [6.07, 6.45) is 3.51. The topological polar surface area (TPSA) is 98.3 Å². The van der Waals surface area contributed by atoms with Crippen molar-refractivity contribution < 1.29 is 14.6 Å². The number of nitrogens with two attached hydrogens (primary N) is 1. The van der Waals surface area contributed by atoms with E-state index in [0.29, 0.717) is 17.9 Å². The number of hydrogen-bond acceptors (Lipinski definition) is 5. The number of hydrogen-bond donors (Lipinski definition) is 2. The van der Waals surface area contributed by atoms with Crippen LogP contribution < -0.4 is 10.5 Å². The van der Waals surface area contributed by atoms with Gasteiger partial charge in [-0.15, -0.1) is 0 Å². The first-order chi connectivity index (χ1) is 9.13. The molecule has 0 unspecified atom stereocenters. The zero-order valence-electron chi connectivity index (χ0n) is 10.1. The maximum absolute atomic E-state index is 10.5. The number of carbonyl (C=O) groups is 1. The fraction of sp³-hybridized carbons (Fsp3) is 0.154. The summed E-state index contributed by atoms with van der Waals surface area (Å²) in [5, 5.41) is 8.65. The summed E-state index contributed by atoms with van der Waals surface area (Å²) >= 11 is 0. The Hall–Kier alpha value is -2.63. The van der Waals surface area contributed by atoms with E-state index < -0.39 is 5.97 Å². The average molecular weight is 259 g/mol. The second-order valence-electron chi connectivity index (χ2n) is 3.92. The number of carboxylic acid groups (broad SMARTS) is 1. The second kappa shape index (κ2) is 5.81. The molecule has 0 aliphatic rings. The standard InChI is InChI=1S/C13H13N3O3/c14-13-15-7-11(8-16-13)19-10-3-1-2-9(6-10)4-5-12(17)18/h1-3,6-8H,4-5H2,(H,17,18)(H2,14,15,16). The first-order valence-corrected chi connectivity index (χ1v) is 5.69. The molecule has 0 amide bonds. The van der Waals surface area contributed by atoms with Gasteiger partial charge in [-0.1, -0.05) is 12.1 Å². The minimum atomic E-state index is -0.821. The molecule has 0 saturated carbocycles. The lowest BCUT2D eigenvalue weighted by Crippen LogP contribution is -1.98. The molecule has 0 bridgehead atoms. The van der Waals surface area contributed by atoms with Crippen LogP contribution in [0.25, 0.3) is 0 Å². The lowest BCUT2D eigenvalue weighted by Gasteiger charge is -2.06. The predicted molar refractivity (Wildman–Crippen MR) is 68.9 cm³/mol. The van der Waals surface area contributed by atoms with E-state index in [4.69, 9.17) is 15.6 Å². The van der Waals surface area contributed by atoms with Crippen LogP contribution in [0.5, 0.6) is 11.5 Å². The van der Waals surface area contributed by atoms with Gasteiger partial charge in [0.25, 0.3) is 0 Å². The molecule has 0 atom stereocenters. The minimum Gasteiger partial charge on any atom is -0.481 e. The van der Waals surface area contributed by atoms with Crippen LogP contribution in [0.15, 0.2) is 36.7 Å². The lowest BCUT2D eigenvalue weighted by molar-refractivity contribution is -0.136. The monoisotopic (exact) mass is 259 g/mol. The summed E-state index contributed by atoms with van der Waals surface area (Å²) in [5.41, 5.74) is 6.28. The van der Waals surface area contributed by atoms with E-state index in [-0.39, 0.29) is 12.4 Å². The van der Waals surface area contributed by atoms with Crippen molar-refractivity contribution in [3.63, 3.8) is 0 Å². The van der Waals surface area contributed by atoms with E-state index in [0.717, 1.165) is 5.56 Å². The Morgan fingerprint density at radius 1 is 1.26 bits per heavy atom. The van der Waals surface area contributed by atoms with Crippen molar-refractivity contribution in [2.24, 2.45) is 0 Å². The van der Waals surface area contributed by atoms with Crippen molar-refractivity contribution >= 4 is 11.9 Å². The third kappa shape index (κ3) is 3.95. The Balaban J connectivity index is 2.06. The van der Waals surface area contributed by atoms with Crippen molar-refractivity contribution in [2.75, 3.05) is 5.73 Å². The van der Waals surface area contributed by atoms with Crippen LogP contribution in [0, 0.1) is 0 Å². The van der Waals surface area contributed by atoms with E-state index in [1.807, 2.05) is 12.1 Å². The number of carboxylic acids is 1.